The Morgan fingerprint density at radius 3 is 2.81 bits per heavy atom. The lowest BCUT2D eigenvalue weighted by Crippen LogP contribution is -1.95. The molecule has 0 unspecified atom stereocenters. The molecule has 6 heteroatoms. The first kappa shape index (κ1) is 10.8. The highest BCUT2D eigenvalue weighted by Gasteiger charge is 2.12. The van der Waals surface area contributed by atoms with Gasteiger partial charge in [0.1, 0.15) is 23.7 Å². The molecule has 0 bridgehead atoms. The first-order chi connectivity index (χ1) is 7.72. The van der Waals surface area contributed by atoms with Crippen LogP contribution in [0.3, 0.4) is 0 Å². The van der Waals surface area contributed by atoms with Crippen LogP contribution in [0.25, 0.3) is 11.3 Å². The summed E-state index contributed by atoms with van der Waals surface area (Å²) in [6, 6.07) is 3.12. The fourth-order valence-electron chi connectivity index (χ4n) is 1.29. The molecule has 2 rings (SSSR count). The van der Waals surface area contributed by atoms with Crippen molar-refractivity contribution in [3.8, 4) is 11.3 Å². The van der Waals surface area contributed by atoms with Crippen LogP contribution in [0.4, 0.5) is 14.5 Å². The van der Waals surface area contributed by atoms with Gasteiger partial charge in [-0.25, -0.2) is 18.7 Å². The summed E-state index contributed by atoms with van der Waals surface area (Å²) in [6.07, 6.45) is 2.61. The van der Waals surface area contributed by atoms with Crippen LogP contribution in [-0.2, 0) is 0 Å². The van der Waals surface area contributed by atoms with Crippen LogP contribution in [0.1, 0.15) is 0 Å². The third-order valence-corrected chi connectivity index (χ3v) is 2.20. The predicted octanol–water partition coefficient (Wildman–Crippen LogP) is 2.99. The molecule has 82 valence electrons. The number of anilines is 1. The quantitative estimate of drug-likeness (QED) is 0.822. The van der Waals surface area contributed by atoms with E-state index in [1.165, 1.54) is 12.5 Å². The minimum absolute atomic E-state index is 0.0329. The van der Waals surface area contributed by atoms with Crippen LogP contribution in [0.5, 0.6) is 0 Å². The van der Waals surface area contributed by atoms with Crippen molar-refractivity contribution < 1.29 is 8.78 Å². The molecule has 0 aliphatic heterocycles. The molecule has 1 heterocycles. The largest absolute Gasteiger partial charge is 0.295 e. The van der Waals surface area contributed by atoms with Crippen LogP contribution < -0.4 is 4.84 Å². The summed E-state index contributed by atoms with van der Waals surface area (Å²) >= 11 is 5.43. The van der Waals surface area contributed by atoms with Gasteiger partial charge in [0.2, 0.25) is 0 Å². The van der Waals surface area contributed by atoms with Gasteiger partial charge in [-0.05, 0) is 18.2 Å². The zero-order chi connectivity index (χ0) is 11.5. The van der Waals surface area contributed by atoms with E-state index in [0.29, 0.717) is 5.69 Å². The molecule has 0 radical (unpaired) electrons. The lowest BCUT2D eigenvalue weighted by molar-refractivity contribution is 0.602. The minimum atomic E-state index is -0.576. The highest BCUT2D eigenvalue weighted by Crippen LogP contribution is 2.27. The summed E-state index contributed by atoms with van der Waals surface area (Å²) in [5, 5.41) is 0. The van der Waals surface area contributed by atoms with Gasteiger partial charge in [-0.3, -0.25) is 4.84 Å². The minimum Gasteiger partial charge on any atom is -0.295 e. The predicted molar refractivity (Wildman–Crippen MR) is 56.9 cm³/mol. The van der Waals surface area contributed by atoms with Gasteiger partial charge in [0, 0.05) is 17.3 Å². The molecule has 16 heavy (non-hydrogen) atoms. The second kappa shape index (κ2) is 4.40. The SMILES string of the molecule is Fc1ccc(F)c(-c2ncncc2NCl)c1. The van der Waals surface area contributed by atoms with E-state index in [9.17, 15) is 8.78 Å². The summed E-state index contributed by atoms with van der Waals surface area (Å²) in [5.74, 6) is -1.12. The Morgan fingerprint density at radius 2 is 2.06 bits per heavy atom. The average molecular weight is 242 g/mol. The molecule has 1 N–H and O–H groups in total. The third kappa shape index (κ3) is 1.94. The number of halogens is 3. The van der Waals surface area contributed by atoms with Crippen molar-refractivity contribution >= 4 is 17.5 Å². The lowest BCUT2D eigenvalue weighted by atomic mass is 10.1. The van der Waals surface area contributed by atoms with E-state index < -0.39 is 11.6 Å². The number of nitrogens with one attached hydrogen (secondary N) is 1. The maximum Gasteiger partial charge on any atom is 0.132 e. The lowest BCUT2D eigenvalue weighted by Gasteiger charge is -2.06. The zero-order valence-corrected chi connectivity index (χ0v) is 8.67. The molecule has 0 fully saturated rings. The van der Waals surface area contributed by atoms with Gasteiger partial charge < -0.3 is 0 Å². The summed E-state index contributed by atoms with van der Waals surface area (Å²) in [4.78, 5) is 9.88. The second-order valence-corrected chi connectivity index (χ2v) is 3.19. The van der Waals surface area contributed by atoms with Crippen molar-refractivity contribution in [1.29, 1.82) is 0 Å². The van der Waals surface area contributed by atoms with Gasteiger partial charge >= 0.3 is 0 Å². The summed E-state index contributed by atoms with van der Waals surface area (Å²) < 4.78 is 26.5. The number of hydrogen-bond acceptors (Lipinski definition) is 3. The van der Waals surface area contributed by atoms with Crippen LogP contribution in [0.15, 0.2) is 30.7 Å². The number of benzene rings is 1. The molecule has 3 nitrogen and oxygen atoms in total. The topological polar surface area (TPSA) is 37.8 Å². The Hall–Kier alpha value is -1.75. The molecule has 0 spiro atoms. The molecule has 0 amide bonds. The van der Waals surface area contributed by atoms with Crippen LogP contribution in [0, 0.1) is 11.6 Å². The molecule has 0 saturated heterocycles. The Morgan fingerprint density at radius 1 is 1.25 bits per heavy atom. The molecule has 0 atom stereocenters. The van der Waals surface area contributed by atoms with Crippen molar-refractivity contribution in [1.82, 2.24) is 9.97 Å². The highest BCUT2D eigenvalue weighted by atomic mass is 35.5. The number of hydrogen-bond donors (Lipinski definition) is 1. The van der Waals surface area contributed by atoms with E-state index in [-0.39, 0.29) is 11.3 Å². The van der Waals surface area contributed by atoms with Gasteiger partial charge in [0.05, 0.1) is 11.9 Å². The van der Waals surface area contributed by atoms with Gasteiger partial charge in [-0.15, -0.1) is 0 Å². The van der Waals surface area contributed by atoms with E-state index in [4.69, 9.17) is 11.8 Å². The van der Waals surface area contributed by atoms with E-state index in [0.717, 1.165) is 18.2 Å². The van der Waals surface area contributed by atoms with Gasteiger partial charge in [0.15, 0.2) is 0 Å². The molecule has 0 aliphatic rings. The smallest absolute Gasteiger partial charge is 0.132 e. The van der Waals surface area contributed by atoms with Gasteiger partial charge in [-0.2, -0.15) is 0 Å². The summed E-state index contributed by atoms with van der Waals surface area (Å²) in [6.45, 7) is 0. The normalized spacial score (nSPS) is 10.2. The second-order valence-electron chi connectivity index (χ2n) is 3.00. The monoisotopic (exact) mass is 241 g/mol. The molecule has 1 aromatic heterocycles. The maximum atomic E-state index is 13.5. The van der Waals surface area contributed by atoms with Crippen molar-refractivity contribution in [2.75, 3.05) is 4.84 Å². The molecular weight excluding hydrogens is 236 g/mol. The molecule has 1 aromatic carbocycles. The van der Waals surface area contributed by atoms with Crippen molar-refractivity contribution in [2.24, 2.45) is 0 Å². The number of aromatic nitrogens is 2. The molecule has 0 saturated carbocycles. The molecular formula is C10H6ClF2N3. The Bertz CT molecular complexity index is 519. The van der Waals surface area contributed by atoms with E-state index in [2.05, 4.69) is 14.8 Å². The van der Waals surface area contributed by atoms with Gasteiger partial charge in [-0.1, -0.05) is 0 Å². The standard InChI is InChI=1S/C10H6ClF2N3/c11-16-9-4-14-5-15-10(9)7-3-6(12)1-2-8(7)13/h1-5,16H. The van der Waals surface area contributed by atoms with Crippen molar-refractivity contribution in [3.05, 3.63) is 42.4 Å². The van der Waals surface area contributed by atoms with Crippen molar-refractivity contribution in [3.63, 3.8) is 0 Å². The Labute approximate surface area is 95.2 Å². The fourth-order valence-corrected chi connectivity index (χ4v) is 1.43. The summed E-state index contributed by atoms with van der Waals surface area (Å²) in [5.41, 5.74) is 0.557. The zero-order valence-electron chi connectivity index (χ0n) is 7.92. The fraction of sp³-hybridized carbons (Fsp3) is 0. The molecule has 0 aliphatic carbocycles. The number of rotatable bonds is 2. The average Bonchev–Trinajstić information content (AvgIpc) is 2.32. The van der Waals surface area contributed by atoms with E-state index in [1.54, 1.807) is 0 Å². The number of nitrogens with zero attached hydrogens (tertiary/aromatic N) is 2. The maximum absolute atomic E-state index is 13.5. The van der Waals surface area contributed by atoms with Crippen molar-refractivity contribution in [2.45, 2.75) is 0 Å². The highest BCUT2D eigenvalue weighted by molar-refractivity contribution is 6.24. The first-order valence-corrected chi connectivity index (χ1v) is 4.72. The third-order valence-electron chi connectivity index (χ3n) is 2.00. The Balaban J connectivity index is 2.62. The summed E-state index contributed by atoms with van der Waals surface area (Å²) in [7, 11) is 0. The van der Waals surface area contributed by atoms with Crippen LogP contribution in [0.2, 0.25) is 0 Å². The van der Waals surface area contributed by atoms with E-state index >= 15 is 0 Å². The van der Waals surface area contributed by atoms with Crippen LogP contribution >= 0.6 is 11.8 Å². The van der Waals surface area contributed by atoms with E-state index in [1.807, 2.05) is 0 Å². The van der Waals surface area contributed by atoms with Gasteiger partial charge in [0.25, 0.3) is 0 Å². The Kier molecular flexibility index (Phi) is 2.96. The van der Waals surface area contributed by atoms with Crippen LogP contribution in [-0.4, -0.2) is 9.97 Å². The molecule has 2 aromatic rings. The first-order valence-electron chi connectivity index (χ1n) is 4.34.